The molecule has 2 rings (SSSR count). The van der Waals surface area contributed by atoms with Crippen LogP contribution in [0.25, 0.3) is 6.08 Å². The Balaban J connectivity index is 2.25. The smallest absolute Gasteiger partial charge is 0.328 e. The van der Waals surface area contributed by atoms with Crippen molar-refractivity contribution in [1.29, 1.82) is 0 Å². The van der Waals surface area contributed by atoms with E-state index in [0.717, 1.165) is 36.8 Å². The van der Waals surface area contributed by atoms with Gasteiger partial charge in [0, 0.05) is 35.9 Å². The van der Waals surface area contributed by atoms with Crippen LogP contribution < -0.4 is 4.90 Å². The van der Waals surface area contributed by atoms with E-state index >= 15 is 0 Å². The molecule has 0 spiro atoms. The number of carbonyl (C=O) groups is 1. The summed E-state index contributed by atoms with van der Waals surface area (Å²) in [5, 5.41) is 9.39. The molecule has 1 saturated heterocycles. The molecule has 1 aliphatic rings. The minimum Gasteiger partial charge on any atom is -0.478 e. The van der Waals surface area contributed by atoms with Gasteiger partial charge in [-0.25, -0.2) is 4.79 Å². The third-order valence-electron chi connectivity index (χ3n) is 3.63. The van der Waals surface area contributed by atoms with Gasteiger partial charge in [-0.05, 0) is 50.4 Å². The topological polar surface area (TPSA) is 43.8 Å². The summed E-state index contributed by atoms with van der Waals surface area (Å²) in [5.41, 5.74) is 1.88. The Labute approximate surface area is 124 Å². The summed E-state index contributed by atoms with van der Waals surface area (Å²) in [6.07, 6.45) is 3.86. The van der Waals surface area contributed by atoms with Gasteiger partial charge in [0.25, 0.3) is 0 Å². The van der Waals surface area contributed by atoms with Gasteiger partial charge in [-0.1, -0.05) is 11.6 Å². The Kier molecular flexibility index (Phi) is 4.68. The van der Waals surface area contributed by atoms with Crippen molar-refractivity contribution in [1.82, 2.24) is 4.90 Å². The van der Waals surface area contributed by atoms with Crippen molar-refractivity contribution < 1.29 is 9.90 Å². The van der Waals surface area contributed by atoms with Crippen molar-refractivity contribution in [2.24, 2.45) is 0 Å². The van der Waals surface area contributed by atoms with Crippen LogP contribution in [0.1, 0.15) is 12.0 Å². The van der Waals surface area contributed by atoms with E-state index < -0.39 is 5.97 Å². The second-order valence-electron chi connectivity index (χ2n) is 5.23. The van der Waals surface area contributed by atoms with Crippen LogP contribution >= 0.6 is 11.6 Å². The van der Waals surface area contributed by atoms with Crippen molar-refractivity contribution in [2.75, 3.05) is 32.1 Å². The van der Waals surface area contributed by atoms with Gasteiger partial charge in [-0.3, -0.25) is 0 Å². The molecule has 0 saturated carbocycles. The number of rotatable bonds is 4. The molecule has 108 valence electrons. The number of hydrogen-bond donors (Lipinski definition) is 1. The minimum absolute atomic E-state index is 0.530. The second-order valence-corrected chi connectivity index (χ2v) is 5.66. The van der Waals surface area contributed by atoms with Crippen LogP contribution in [-0.2, 0) is 4.79 Å². The van der Waals surface area contributed by atoms with Gasteiger partial charge in [-0.15, -0.1) is 0 Å². The molecule has 1 aromatic rings. The lowest BCUT2D eigenvalue weighted by molar-refractivity contribution is -0.131. The quantitative estimate of drug-likeness (QED) is 0.867. The van der Waals surface area contributed by atoms with Crippen molar-refractivity contribution in [2.45, 2.75) is 12.5 Å². The van der Waals surface area contributed by atoms with Gasteiger partial charge in [0.15, 0.2) is 0 Å². The molecule has 1 aliphatic heterocycles. The van der Waals surface area contributed by atoms with Crippen molar-refractivity contribution in [3.63, 3.8) is 0 Å². The first-order valence-corrected chi connectivity index (χ1v) is 6.97. The number of benzene rings is 1. The second kappa shape index (κ2) is 6.29. The fourth-order valence-corrected chi connectivity index (χ4v) is 2.67. The lowest BCUT2D eigenvalue weighted by Crippen LogP contribution is -2.31. The molecule has 1 N–H and O–H groups in total. The normalized spacial score (nSPS) is 19.2. The summed E-state index contributed by atoms with van der Waals surface area (Å²) in [6, 6.07) is 6.14. The first-order valence-electron chi connectivity index (χ1n) is 6.59. The predicted octanol–water partition coefficient (Wildman–Crippen LogP) is 2.58. The van der Waals surface area contributed by atoms with Crippen LogP contribution in [0.2, 0.25) is 5.02 Å². The molecule has 4 nitrogen and oxygen atoms in total. The number of likely N-dealkylation sites (N-methyl/N-ethyl adjacent to an activating group) is 1. The van der Waals surface area contributed by atoms with Gasteiger partial charge in [0.2, 0.25) is 0 Å². The zero-order valence-corrected chi connectivity index (χ0v) is 12.5. The average Bonchev–Trinajstić information content (AvgIpc) is 2.86. The fourth-order valence-electron chi connectivity index (χ4n) is 2.49. The number of anilines is 1. The summed E-state index contributed by atoms with van der Waals surface area (Å²) >= 11 is 6.01. The Hall–Kier alpha value is -1.52. The van der Waals surface area contributed by atoms with Crippen LogP contribution in [0.15, 0.2) is 24.3 Å². The van der Waals surface area contributed by atoms with E-state index in [0.29, 0.717) is 11.1 Å². The van der Waals surface area contributed by atoms with Gasteiger partial charge in [0.1, 0.15) is 0 Å². The van der Waals surface area contributed by atoms with E-state index in [1.165, 1.54) is 0 Å². The van der Waals surface area contributed by atoms with Gasteiger partial charge >= 0.3 is 5.97 Å². The van der Waals surface area contributed by atoms with Crippen molar-refractivity contribution in [3.05, 3.63) is 34.9 Å². The Morgan fingerprint density at radius 2 is 2.25 bits per heavy atom. The molecule has 1 unspecified atom stereocenters. The number of halogens is 1. The van der Waals surface area contributed by atoms with Gasteiger partial charge in [0.05, 0.1) is 0 Å². The van der Waals surface area contributed by atoms with Crippen LogP contribution in [0, 0.1) is 0 Å². The van der Waals surface area contributed by atoms with Crippen molar-refractivity contribution >= 4 is 29.3 Å². The standard InChI is InChI=1S/C15H19ClN2O2/c1-17(2)13-7-8-18(10-13)14-5-4-12(16)9-11(14)3-6-15(19)20/h3-6,9,13H,7-8,10H2,1-2H3,(H,19,20)/b6-3+. The maximum Gasteiger partial charge on any atom is 0.328 e. The maximum atomic E-state index is 10.7. The highest BCUT2D eigenvalue weighted by atomic mass is 35.5. The van der Waals surface area contributed by atoms with E-state index in [9.17, 15) is 4.79 Å². The predicted molar refractivity (Wildman–Crippen MR) is 82.4 cm³/mol. The van der Waals surface area contributed by atoms with Gasteiger partial charge in [-0.2, -0.15) is 0 Å². The Morgan fingerprint density at radius 3 is 2.85 bits per heavy atom. The molecule has 0 aromatic heterocycles. The fraction of sp³-hybridized carbons (Fsp3) is 0.400. The van der Waals surface area contributed by atoms with E-state index in [1.54, 1.807) is 12.1 Å². The van der Waals surface area contributed by atoms with E-state index in [1.807, 2.05) is 12.1 Å². The number of aliphatic carboxylic acids is 1. The highest BCUT2D eigenvalue weighted by molar-refractivity contribution is 6.30. The molecular weight excluding hydrogens is 276 g/mol. The molecule has 1 fully saturated rings. The average molecular weight is 295 g/mol. The van der Waals surface area contributed by atoms with Crippen LogP contribution in [-0.4, -0.2) is 49.2 Å². The monoisotopic (exact) mass is 294 g/mol. The summed E-state index contributed by atoms with van der Waals surface area (Å²) < 4.78 is 0. The molecule has 0 aliphatic carbocycles. The van der Waals surface area contributed by atoms with Crippen molar-refractivity contribution in [3.8, 4) is 0 Å². The van der Waals surface area contributed by atoms with E-state index in [4.69, 9.17) is 16.7 Å². The lowest BCUT2D eigenvalue weighted by atomic mass is 10.1. The third kappa shape index (κ3) is 3.52. The number of carboxylic acids is 1. The van der Waals surface area contributed by atoms with Gasteiger partial charge < -0.3 is 14.9 Å². The summed E-state index contributed by atoms with van der Waals surface area (Å²) in [4.78, 5) is 15.2. The highest BCUT2D eigenvalue weighted by Crippen LogP contribution is 2.29. The molecular formula is C15H19ClN2O2. The Bertz CT molecular complexity index is 529. The van der Waals surface area contributed by atoms with E-state index in [-0.39, 0.29) is 0 Å². The SMILES string of the molecule is CN(C)C1CCN(c2ccc(Cl)cc2/C=C/C(=O)O)C1. The number of nitrogens with zero attached hydrogens (tertiary/aromatic N) is 2. The zero-order valence-electron chi connectivity index (χ0n) is 11.7. The first kappa shape index (κ1) is 14.9. The number of hydrogen-bond acceptors (Lipinski definition) is 3. The molecule has 0 bridgehead atoms. The molecule has 1 atom stereocenters. The number of carboxylic acid groups (broad SMARTS) is 1. The summed E-state index contributed by atoms with van der Waals surface area (Å²) in [7, 11) is 4.17. The molecule has 1 aromatic carbocycles. The molecule has 0 radical (unpaired) electrons. The molecule has 20 heavy (non-hydrogen) atoms. The first-order chi connectivity index (χ1) is 9.47. The summed E-state index contributed by atoms with van der Waals surface area (Å²) in [5.74, 6) is -0.955. The molecule has 0 amide bonds. The third-order valence-corrected chi connectivity index (χ3v) is 3.86. The Morgan fingerprint density at radius 1 is 1.50 bits per heavy atom. The minimum atomic E-state index is -0.955. The molecule has 5 heteroatoms. The van der Waals surface area contributed by atoms with Crippen LogP contribution in [0.5, 0.6) is 0 Å². The zero-order chi connectivity index (χ0) is 14.7. The largest absolute Gasteiger partial charge is 0.478 e. The van der Waals surface area contributed by atoms with Crippen LogP contribution in [0.4, 0.5) is 5.69 Å². The highest BCUT2D eigenvalue weighted by Gasteiger charge is 2.25. The summed E-state index contributed by atoms with van der Waals surface area (Å²) in [6.45, 7) is 1.92. The molecule has 1 heterocycles. The van der Waals surface area contributed by atoms with Crippen LogP contribution in [0.3, 0.4) is 0 Å². The van der Waals surface area contributed by atoms with E-state index in [2.05, 4.69) is 23.9 Å². The maximum absolute atomic E-state index is 10.7. The lowest BCUT2D eigenvalue weighted by Gasteiger charge is -2.23.